The van der Waals surface area contributed by atoms with Crippen molar-refractivity contribution in [3.05, 3.63) is 34.3 Å². The zero-order valence-electron chi connectivity index (χ0n) is 13.5. The molecule has 0 spiro atoms. The van der Waals surface area contributed by atoms with E-state index >= 15 is 0 Å². The van der Waals surface area contributed by atoms with E-state index in [1.165, 1.54) is 11.1 Å². The van der Waals surface area contributed by atoms with E-state index in [9.17, 15) is 4.79 Å². The van der Waals surface area contributed by atoms with Crippen molar-refractivity contribution < 1.29 is 9.53 Å². The predicted octanol–water partition coefficient (Wildman–Crippen LogP) is 3.83. The van der Waals surface area contributed by atoms with Crippen molar-refractivity contribution in [2.75, 3.05) is 13.1 Å². The molecule has 1 amide bonds. The van der Waals surface area contributed by atoms with Crippen molar-refractivity contribution in [2.24, 2.45) is 0 Å². The number of amides is 1. The molecule has 0 fully saturated rings. The highest BCUT2D eigenvalue weighted by Gasteiger charge is 2.21. The Morgan fingerprint density at radius 2 is 2.14 bits per heavy atom. The van der Waals surface area contributed by atoms with Gasteiger partial charge in [-0.25, -0.2) is 4.79 Å². The third-order valence-electron chi connectivity index (χ3n) is 3.60. The zero-order valence-corrected chi connectivity index (χ0v) is 14.3. The number of alkyl carbamates (subject to hydrolysis) is 1. The summed E-state index contributed by atoms with van der Waals surface area (Å²) in [6, 6.07) is 6.52. The summed E-state index contributed by atoms with van der Waals surface area (Å²) >= 11 is 6.02. The first kappa shape index (κ1) is 17.1. The first-order valence-corrected chi connectivity index (χ1v) is 8.21. The average molecular weight is 325 g/mol. The lowest BCUT2D eigenvalue weighted by Crippen LogP contribution is -2.34. The van der Waals surface area contributed by atoms with Gasteiger partial charge in [0.1, 0.15) is 5.60 Å². The lowest BCUT2D eigenvalue weighted by atomic mass is 10.1. The molecular weight excluding hydrogens is 300 g/mol. The van der Waals surface area contributed by atoms with Crippen molar-refractivity contribution in [2.45, 2.75) is 51.7 Å². The second kappa shape index (κ2) is 7.34. The lowest BCUT2D eigenvalue weighted by molar-refractivity contribution is 0.0527. The third kappa shape index (κ3) is 5.18. The van der Waals surface area contributed by atoms with Gasteiger partial charge in [-0.1, -0.05) is 17.7 Å². The molecule has 0 saturated heterocycles. The van der Waals surface area contributed by atoms with Crippen LogP contribution in [0.5, 0.6) is 0 Å². The van der Waals surface area contributed by atoms with Gasteiger partial charge in [0.05, 0.1) is 0 Å². The van der Waals surface area contributed by atoms with E-state index in [0.717, 1.165) is 30.8 Å². The molecule has 0 radical (unpaired) electrons. The summed E-state index contributed by atoms with van der Waals surface area (Å²) in [5.74, 6) is 0. The Labute approximate surface area is 137 Å². The van der Waals surface area contributed by atoms with E-state index in [-0.39, 0.29) is 6.09 Å². The molecule has 1 aliphatic carbocycles. The molecule has 1 atom stereocenters. The Kier molecular flexibility index (Phi) is 5.70. The third-order valence-corrected chi connectivity index (χ3v) is 3.83. The van der Waals surface area contributed by atoms with Crippen LogP contribution in [0.3, 0.4) is 0 Å². The molecule has 0 aliphatic heterocycles. The summed E-state index contributed by atoms with van der Waals surface area (Å²) in [5, 5.41) is 7.12. The monoisotopic (exact) mass is 324 g/mol. The van der Waals surface area contributed by atoms with Crippen LogP contribution >= 0.6 is 11.6 Å². The van der Waals surface area contributed by atoms with Gasteiger partial charge in [-0.2, -0.15) is 0 Å². The topological polar surface area (TPSA) is 50.4 Å². The molecule has 1 aromatic carbocycles. The molecule has 0 heterocycles. The van der Waals surface area contributed by atoms with E-state index < -0.39 is 5.60 Å². The maximum atomic E-state index is 11.5. The Morgan fingerprint density at radius 1 is 1.36 bits per heavy atom. The van der Waals surface area contributed by atoms with Crippen molar-refractivity contribution >= 4 is 17.7 Å². The van der Waals surface area contributed by atoms with Gasteiger partial charge in [0, 0.05) is 17.6 Å². The van der Waals surface area contributed by atoms with Crippen LogP contribution in [0.1, 0.15) is 50.8 Å². The van der Waals surface area contributed by atoms with Crippen molar-refractivity contribution in [1.82, 2.24) is 10.6 Å². The second-order valence-electron chi connectivity index (χ2n) is 6.67. The fourth-order valence-electron chi connectivity index (χ4n) is 2.67. The fraction of sp³-hybridized carbons (Fsp3) is 0.588. The van der Waals surface area contributed by atoms with Crippen LogP contribution in [0.4, 0.5) is 4.79 Å². The summed E-state index contributed by atoms with van der Waals surface area (Å²) < 4.78 is 5.19. The number of ether oxygens (including phenoxy) is 1. The molecule has 0 saturated carbocycles. The molecular formula is C17H25ClN2O2. The molecule has 0 aromatic heterocycles. The predicted molar refractivity (Wildman–Crippen MR) is 89.4 cm³/mol. The van der Waals surface area contributed by atoms with Crippen molar-refractivity contribution in [3.8, 4) is 0 Å². The Morgan fingerprint density at radius 3 is 2.86 bits per heavy atom. The summed E-state index contributed by atoms with van der Waals surface area (Å²) in [6.45, 7) is 7.05. The number of aryl methyl sites for hydroxylation is 1. The van der Waals surface area contributed by atoms with Gasteiger partial charge in [0.25, 0.3) is 0 Å². The van der Waals surface area contributed by atoms with E-state index in [1.54, 1.807) is 0 Å². The maximum absolute atomic E-state index is 11.5. The number of nitrogens with one attached hydrogen (secondary N) is 2. The number of carbonyl (C=O) groups excluding carboxylic acids is 1. The quantitative estimate of drug-likeness (QED) is 0.809. The van der Waals surface area contributed by atoms with Gasteiger partial charge >= 0.3 is 6.09 Å². The molecule has 0 bridgehead atoms. The van der Waals surface area contributed by atoms with Crippen LogP contribution in [0.15, 0.2) is 18.2 Å². The number of benzene rings is 1. The molecule has 1 aliphatic rings. The Hall–Kier alpha value is -1.26. The summed E-state index contributed by atoms with van der Waals surface area (Å²) in [7, 11) is 0. The maximum Gasteiger partial charge on any atom is 0.407 e. The van der Waals surface area contributed by atoms with E-state index in [4.69, 9.17) is 16.3 Å². The van der Waals surface area contributed by atoms with Gasteiger partial charge in [-0.15, -0.1) is 0 Å². The minimum atomic E-state index is -0.447. The normalized spacial score (nSPS) is 17.2. The number of halogens is 1. The largest absolute Gasteiger partial charge is 0.444 e. The number of carbonyl (C=O) groups is 1. The smallest absolute Gasteiger partial charge is 0.407 e. The number of rotatable bonds is 5. The van der Waals surface area contributed by atoms with Gasteiger partial charge in [0.2, 0.25) is 0 Å². The first-order valence-electron chi connectivity index (χ1n) is 7.84. The zero-order chi connectivity index (χ0) is 16.2. The fourth-order valence-corrected chi connectivity index (χ4v) is 2.86. The van der Waals surface area contributed by atoms with Crippen LogP contribution in [0.25, 0.3) is 0 Å². The van der Waals surface area contributed by atoms with Gasteiger partial charge < -0.3 is 15.4 Å². The highest BCUT2D eigenvalue weighted by atomic mass is 35.5. The van der Waals surface area contributed by atoms with Crippen molar-refractivity contribution in [1.29, 1.82) is 0 Å². The Bertz CT molecular complexity index is 526. The van der Waals surface area contributed by atoms with Crippen LogP contribution in [0, 0.1) is 0 Å². The Balaban J connectivity index is 1.66. The number of hydrogen-bond donors (Lipinski definition) is 2. The summed E-state index contributed by atoms with van der Waals surface area (Å²) in [4.78, 5) is 11.5. The molecule has 2 rings (SSSR count). The summed E-state index contributed by atoms with van der Waals surface area (Å²) in [6.07, 6.45) is 2.70. The molecule has 1 unspecified atom stereocenters. The number of fused-ring (bicyclic) bond motifs is 1. The SMILES string of the molecule is CC(C)(C)OC(=O)NCCCNC1CCc2cc(Cl)ccc21. The first-order chi connectivity index (χ1) is 10.3. The number of hydrogen-bond acceptors (Lipinski definition) is 3. The van der Waals surface area contributed by atoms with E-state index in [1.807, 2.05) is 26.8 Å². The molecule has 2 N–H and O–H groups in total. The molecule has 1 aromatic rings. The minimum Gasteiger partial charge on any atom is -0.444 e. The van der Waals surface area contributed by atoms with E-state index in [2.05, 4.69) is 22.8 Å². The van der Waals surface area contributed by atoms with Gasteiger partial charge in [-0.05, 0) is 69.8 Å². The van der Waals surface area contributed by atoms with Crippen LogP contribution in [-0.2, 0) is 11.2 Å². The van der Waals surface area contributed by atoms with E-state index in [0.29, 0.717) is 12.6 Å². The van der Waals surface area contributed by atoms with Crippen LogP contribution in [-0.4, -0.2) is 24.8 Å². The molecule has 22 heavy (non-hydrogen) atoms. The lowest BCUT2D eigenvalue weighted by Gasteiger charge is -2.20. The highest BCUT2D eigenvalue weighted by Crippen LogP contribution is 2.32. The standard InChI is InChI=1S/C17H25ClN2O2/c1-17(2,3)22-16(21)20-10-4-9-19-15-8-5-12-11-13(18)6-7-14(12)15/h6-7,11,15,19H,4-5,8-10H2,1-3H3,(H,20,21). The molecule has 122 valence electrons. The van der Waals surface area contributed by atoms with Crippen LogP contribution in [0.2, 0.25) is 5.02 Å². The van der Waals surface area contributed by atoms with Crippen LogP contribution < -0.4 is 10.6 Å². The van der Waals surface area contributed by atoms with Gasteiger partial charge in [0.15, 0.2) is 0 Å². The van der Waals surface area contributed by atoms with Crippen molar-refractivity contribution in [3.63, 3.8) is 0 Å². The molecule has 5 heteroatoms. The van der Waals surface area contributed by atoms with Gasteiger partial charge in [-0.3, -0.25) is 0 Å². The minimum absolute atomic E-state index is 0.353. The average Bonchev–Trinajstić information content (AvgIpc) is 2.78. The molecule has 4 nitrogen and oxygen atoms in total. The summed E-state index contributed by atoms with van der Waals surface area (Å²) in [5.41, 5.74) is 2.25. The highest BCUT2D eigenvalue weighted by molar-refractivity contribution is 6.30. The second-order valence-corrected chi connectivity index (χ2v) is 7.11.